The van der Waals surface area contributed by atoms with Gasteiger partial charge in [0.1, 0.15) is 0 Å². The number of nitrogens with zero attached hydrogens (tertiary/aromatic N) is 2. The molecule has 2 saturated heterocycles. The number of hydrogen-bond donors (Lipinski definition) is 2. The fraction of sp³-hybridized carbons (Fsp3) is 0.619. The molecule has 0 unspecified atom stereocenters. The zero-order chi connectivity index (χ0) is 23.9. The van der Waals surface area contributed by atoms with Gasteiger partial charge in [0.2, 0.25) is 5.91 Å². The summed E-state index contributed by atoms with van der Waals surface area (Å²) in [7, 11) is 0. The van der Waals surface area contributed by atoms with Crippen molar-refractivity contribution in [2.75, 3.05) is 26.2 Å². The van der Waals surface area contributed by atoms with Gasteiger partial charge in [-0.15, -0.1) is 0 Å². The lowest BCUT2D eigenvalue weighted by Gasteiger charge is -2.20. The molecule has 0 spiro atoms. The quantitative estimate of drug-likeness (QED) is 0.676. The number of carboxylic acid groups (broad SMARTS) is 1. The van der Waals surface area contributed by atoms with Gasteiger partial charge in [-0.2, -0.15) is 13.2 Å². The Balaban J connectivity index is 0.000000451. The first-order valence-corrected chi connectivity index (χ1v) is 10.4. The van der Waals surface area contributed by atoms with Crippen molar-refractivity contribution >= 4 is 17.8 Å². The molecule has 2 fully saturated rings. The Morgan fingerprint density at radius 3 is 2.44 bits per heavy atom. The van der Waals surface area contributed by atoms with Crippen LogP contribution in [-0.2, 0) is 14.3 Å². The molecule has 2 N–H and O–H groups in total. The van der Waals surface area contributed by atoms with Crippen LogP contribution in [0.4, 0.5) is 13.2 Å². The third-order valence-electron chi connectivity index (χ3n) is 5.44. The smallest absolute Gasteiger partial charge is 0.475 e. The van der Waals surface area contributed by atoms with Crippen molar-refractivity contribution in [1.29, 1.82) is 0 Å². The first-order chi connectivity index (χ1) is 15.0. The number of rotatable bonds is 6. The number of carbonyl (C=O) groups is 3. The van der Waals surface area contributed by atoms with Crippen molar-refractivity contribution in [3.8, 4) is 0 Å². The van der Waals surface area contributed by atoms with Crippen molar-refractivity contribution in [3.05, 3.63) is 30.1 Å². The van der Waals surface area contributed by atoms with Gasteiger partial charge in [0.05, 0.1) is 12.7 Å². The Hall–Kier alpha value is -2.69. The summed E-state index contributed by atoms with van der Waals surface area (Å²) in [6, 6.07) is 3.40. The molecule has 0 radical (unpaired) electrons. The van der Waals surface area contributed by atoms with Crippen LogP contribution in [0.5, 0.6) is 0 Å². The average Bonchev–Trinajstić information content (AvgIpc) is 3.32. The van der Waals surface area contributed by atoms with E-state index in [4.69, 9.17) is 14.6 Å². The van der Waals surface area contributed by atoms with E-state index in [1.54, 1.807) is 24.5 Å². The van der Waals surface area contributed by atoms with Gasteiger partial charge >= 0.3 is 12.1 Å². The van der Waals surface area contributed by atoms with Crippen molar-refractivity contribution in [1.82, 2.24) is 15.2 Å². The number of carboxylic acids is 1. The van der Waals surface area contributed by atoms with Crippen molar-refractivity contribution < 1.29 is 37.4 Å². The highest BCUT2D eigenvalue weighted by Gasteiger charge is 2.45. The number of fused-ring (bicyclic) bond motifs is 1. The van der Waals surface area contributed by atoms with E-state index in [1.165, 1.54) is 0 Å². The summed E-state index contributed by atoms with van der Waals surface area (Å²) < 4.78 is 37.6. The minimum Gasteiger partial charge on any atom is -0.475 e. The molecule has 0 aliphatic carbocycles. The normalized spacial score (nSPS) is 22.2. The topological polar surface area (TPSA) is 109 Å². The van der Waals surface area contributed by atoms with Crippen LogP contribution in [0, 0.1) is 17.8 Å². The number of ether oxygens (including phenoxy) is 1. The lowest BCUT2D eigenvalue weighted by molar-refractivity contribution is -0.192. The van der Waals surface area contributed by atoms with Crippen LogP contribution >= 0.6 is 0 Å². The molecule has 2 aliphatic rings. The first kappa shape index (κ1) is 25.6. The minimum atomic E-state index is -5.08. The van der Waals surface area contributed by atoms with E-state index in [1.807, 2.05) is 4.90 Å². The van der Waals surface area contributed by atoms with E-state index >= 15 is 0 Å². The van der Waals surface area contributed by atoms with Gasteiger partial charge in [-0.1, -0.05) is 13.8 Å². The molecule has 0 bridgehead atoms. The van der Waals surface area contributed by atoms with Crippen LogP contribution < -0.4 is 5.32 Å². The van der Waals surface area contributed by atoms with Crippen LogP contribution in [0.3, 0.4) is 0 Å². The highest BCUT2D eigenvalue weighted by molar-refractivity contribution is 5.93. The molecule has 0 saturated carbocycles. The van der Waals surface area contributed by atoms with Gasteiger partial charge in [0.15, 0.2) is 0 Å². The molecule has 32 heavy (non-hydrogen) atoms. The summed E-state index contributed by atoms with van der Waals surface area (Å²) in [4.78, 5) is 39.3. The molecule has 1 aromatic heterocycles. The molecule has 0 aromatic carbocycles. The first-order valence-electron chi connectivity index (χ1n) is 10.4. The molecule has 1 aromatic rings. The highest BCUT2D eigenvalue weighted by atomic mass is 19.4. The van der Waals surface area contributed by atoms with Gasteiger partial charge in [0.25, 0.3) is 5.91 Å². The number of amides is 2. The number of alkyl halides is 3. The fourth-order valence-electron chi connectivity index (χ4n) is 3.61. The predicted octanol–water partition coefficient (Wildman–Crippen LogP) is 2.35. The SMILES string of the molecule is CC(C)CCC(=O)N1C[C@@H]2[C@@H](CNC(=O)c3ccncc3)CO[C@@H]2C1.O=C(O)C(F)(F)F. The van der Waals surface area contributed by atoms with Gasteiger partial charge in [-0.05, 0) is 24.5 Å². The van der Waals surface area contributed by atoms with E-state index in [0.29, 0.717) is 43.5 Å². The highest BCUT2D eigenvalue weighted by Crippen LogP contribution is 2.33. The number of pyridine rings is 1. The molecular weight excluding hydrogens is 431 g/mol. The van der Waals surface area contributed by atoms with Crippen LogP contribution in [0.1, 0.15) is 37.0 Å². The number of aromatic nitrogens is 1. The lowest BCUT2D eigenvalue weighted by Crippen LogP contribution is -2.35. The third kappa shape index (κ3) is 7.47. The summed E-state index contributed by atoms with van der Waals surface area (Å²) >= 11 is 0. The Morgan fingerprint density at radius 1 is 1.25 bits per heavy atom. The molecule has 2 amide bonds. The van der Waals surface area contributed by atoms with Gasteiger partial charge < -0.3 is 20.1 Å². The number of aliphatic carboxylic acids is 1. The summed E-state index contributed by atoms with van der Waals surface area (Å²) in [5.74, 6) is -1.50. The maximum Gasteiger partial charge on any atom is 0.490 e. The van der Waals surface area contributed by atoms with Crippen LogP contribution in [-0.4, -0.2) is 71.3 Å². The van der Waals surface area contributed by atoms with E-state index in [2.05, 4.69) is 24.1 Å². The Morgan fingerprint density at radius 2 is 1.88 bits per heavy atom. The fourth-order valence-corrected chi connectivity index (χ4v) is 3.61. The summed E-state index contributed by atoms with van der Waals surface area (Å²) in [6.45, 7) is 6.94. The van der Waals surface area contributed by atoms with Crippen LogP contribution in [0.25, 0.3) is 0 Å². The van der Waals surface area contributed by atoms with Crippen LogP contribution in [0.15, 0.2) is 24.5 Å². The van der Waals surface area contributed by atoms with Crippen molar-refractivity contribution in [3.63, 3.8) is 0 Å². The Kier molecular flexibility index (Phi) is 8.99. The summed E-state index contributed by atoms with van der Waals surface area (Å²) in [6.07, 6.45) is -0.203. The molecule has 3 heterocycles. The summed E-state index contributed by atoms with van der Waals surface area (Å²) in [5.41, 5.74) is 0.613. The standard InChI is InChI=1S/C19H27N3O3.C2HF3O2/c1-13(2)3-4-18(23)22-10-16-15(12-25-17(16)11-22)9-21-19(24)14-5-7-20-8-6-14;3-2(4,5)1(6)7/h5-8,13,15-17H,3-4,9-12H2,1-2H3,(H,21,24);(H,6,7)/t15-,16+,17+;/m0./s1. The number of hydrogen-bond acceptors (Lipinski definition) is 5. The third-order valence-corrected chi connectivity index (χ3v) is 5.44. The molecule has 3 rings (SSSR count). The van der Waals surface area contributed by atoms with Crippen LogP contribution in [0.2, 0.25) is 0 Å². The molecule has 2 aliphatic heterocycles. The zero-order valence-corrected chi connectivity index (χ0v) is 18.0. The molecule has 178 valence electrons. The molecule has 11 heteroatoms. The van der Waals surface area contributed by atoms with Crippen molar-refractivity contribution in [2.45, 2.75) is 39.0 Å². The molecule has 8 nitrogen and oxygen atoms in total. The number of halogens is 3. The minimum absolute atomic E-state index is 0.0892. The second kappa shape index (κ2) is 11.3. The second-order valence-electron chi connectivity index (χ2n) is 8.28. The number of nitrogens with one attached hydrogen (secondary N) is 1. The van der Waals surface area contributed by atoms with E-state index in [9.17, 15) is 22.8 Å². The average molecular weight is 459 g/mol. The Labute approximate surface area is 184 Å². The number of carbonyl (C=O) groups excluding carboxylic acids is 2. The lowest BCUT2D eigenvalue weighted by atomic mass is 9.93. The van der Waals surface area contributed by atoms with Gasteiger partial charge in [-0.3, -0.25) is 14.6 Å². The van der Waals surface area contributed by atoms with Gasteiger partial charge in [0, 0.05) is 55.8 Å². The maximum absolute atomic E-state index is 12.3. The van der Waals surface area contributed by atoms with E-state index in [0.717, 1.165) is 13.0 Å². The molecule has 3 atom stereocenters. The van der Waals surface area contributed by atoms with Gasteiger partial charge in [-0.25, -0.2) is 4.79 Å². The summed E-state index contributed by atoms with van der Waals surface area (Å²) in [5, 5.41) is 10.1. The maximum atomic E-state index is 12.3. The predicted molar refractivity (Wildman–Crippen MR) is 108 cm³/mol. The molecular formula is C21H28F3N3O5. The Bertz CT molecular complexity index is 789. The zero-order valence-electron chi connectivity index (χ0n) is 18.0. The monoisotopic (exact) mass is 459 g/mol. The van der Waals surface area contributed by atoms with Crippen molar-refractivity contribution in [2.24, 2.45) is 17.8 Å². The second-order valence-corrected chi connectivity index (χ2v) is 8.28. The number of likely N-dealkylation sites (tertiary alicyclic amines) is 1. The van der Waals surface area contributed by atoms with E-state index in [-0.39, 0.29) is 23.8 Å². The van der Waals surface area contributed by atoms with E-state index < -0.39 is 12.1 Å². The largest absolute Gasteiger partial charge is 0.490 e.